The van der Waals surface area contributed by atoms with E-state index in [1.807, 2.05) is 44.2 Å². The molecule has 2 aromatic carbocycles. The summed E-state index contributed by atoms with van der Waals surface area (Å²) < 4.78 is 25.4. The highest BCUT2D eigenvalue weighted by atomic mass is 32.2. The van der Waals surface area contributed by atoms with Crippen LogP contribution in [0.25, 0.3) is 0 Å². The lowest BCUT2D eigenvalue weighted by atomic mass is 9.99. The van der Waals surface area contributed by atoms with Crippen molar-refractivity contribution in [3.63, 3.8) is 0 Å². The van der Waals surface area contributed by atoms with E-state index < -0.39 is 10.0 Å². The van der Waals surface area contributed by atoms with Crippen molar-refractivity contribution in [1.29, 1.82) is 0 Å². The minimum atomic E-state index is -3.30. The minimum Gasteiger partial charge on any atom is -0.345 e. The van der Waals surface area contributed by atoms with Crippen LogP contribution in [-0.2, 0) is 16.4 Å². The van der Waals surface area contributed by atoms with E-state index in [0.29, 0.717) is 17.8 Å². The van der Waals surface area contributed by atoms with Gasteiger partial charge in [-0.3, -0.25) is 9.10 Å². The fraction of sp³-hybridized carbons (Fsp3) is 0.381. The summed E-state index contributed by atoms with van der Waals surface area (Å²) in [5.74, 6) is -0.137. The van der Waals surface area contributed by atoms with Gasteiger partial charge in [0.1, 0.15) is 0 Å². The van der Waals surface area contributed by atoms with Crippen molar-refractivity contribution in [2.45, 2.75) is 39.2 Å². The molecule has 1 N–H and O–H groups in total. The third kappa shape index (κ3) is 4.33. The lowest BCUT2D eigenvalue weighted by molar-refractivity contribution is 0.0935. The predicted molar refractivity (Wildman–Crippen MR) is 109 cm³/mol. The number of carbonyl (C=O) groups excluding carboxylic acids is 1. The summed E-state index contributed by atoms with van der Waals surface area (Å²) in [6.07, 6.45) is 3.54. The van der Waals surface area contributed by atoms with Crippen molar-refractivity contribution in [2.75, 3.05) is 17.1 Å². The first-order valence-corrected chi connectivity index (χ1v) is 11.1. The molecule has 0 fully saturated rings. The molecule has 0 saturated heterocycles. The van der Waals surface area contributed by atoms with Crippen molar-refractivity contribution in [2.24, 2.45) is 0 Å². The maximum atomic E-state index is 12.8. The molecule has 27 heavy (non-hydrogen) atoms. The smallest absolute Gasteiger partial charge is 0.251 e. The fourth-order valence-corrected chi connectivity index (χ4v) is 4.51. The third-order valence-electron chi connectivity index (χ3n) is 5.01. The van der Waals surface area contributed by atoms with Gasteiger partial charge < -0.3 is 5.32 Å². The van der Waals surface area contributed by atoms with Crippen LogP contribution in [0.3, 0.4) is 0 Å². The zero-order valence-corrected chi connectivity index (χ0v) is 16.8. The lowest BCUT2D eigenvalue weighted by Gasteiger charge is -2.29. The Balaban J connectivity index is 1.82. The number of hydrogen-bond acceptors (Lipinski definition) is 3. The monoisotopic (exact) mass is 386 g/mol. The Hall–Kier alpha value is -2.34. The number of hydrogen-bond donors (Lipinski definition) is 1. The maximum Gasteiger partial charge on any atom is 0.251 e. The Morgan fingerprint density at radius 1 is 1.19 bits per heavy atom. The molecule has 1 atom stereocenters. The maximum absolute atomic E-state index is 12.8. The van der Waals surface area contributed by atoms with E-state index in [4.69, 9.17) is 0 Å². The van der Waals surface area contributed by atoms with Crippen molar-refractivity contribution in [3.05, 3.63) is 64.7 Å². The second-order valence-corrected chi connectivity index (χ2v) is 9.03. The van der Waals surface area contributed by atoms with E-state index in [1.165, 1.54) is 16.1 Å². The summed E-state index contributed by atoms with van der Waals surface area (Å²) in [7, 11) is -3.30. The van der Waals surface area contributed by atoms with Crippen molar-refractivity contribution < 1.29 is 13.2 Å². The summed E-state index contributed by atoms with van der Waals surface area (Å²) >= 11 is 0. The topological polar surface area (TPSA) is 66.5 Å². The molecule has 0 spiro atoms. The second kappa shape index (κ2) is 7.72. The van der Waals surface area contributed by atoms with Gasteiger partial charge in [0, 0.05) is 12.1 Å². The first kappa shape index (κ1) is 19.4. The summed E-state index contributed by atoms with van der Waals surface area (Å²) in [4.78, 5) is 12.8. The van der Waals surface area contributed by atoms with Crippen LogP contribution in [0, 0.1) is 6.92 Å². The van der Waals surface area contributed by atoms with Crippen LogP contribution in [0.5, 0.6) is 0 Å². The van der Waals surface area contributed by atoms with Gasteiger partial charge >= 0.3 is 0 Å². The number of nitrogens with zero attached hydrogens (tertiary/aromatic N) is 1. The van der Waals surface area contributed by atoms with E-state index in [9.17, 15) is 13.2 Å². The zero-order valence-electron chi connectivity index (χ0n) is 16.0. The number of benzene rings is 2. The number of aryl methyl sites for hydroxylation is 2. The van der Waals surface area contributed by atoms with E-state index in [2.05, 4.69) is 5.32 Å². The Labute approximate surface area is 161 Å². The van der Waals surface area contributed by atoms with Gasteiger partial charge in [0.05, 0.1) is 18.0 Å². The summed E-state index contributed by atoms with van der Waals surface area (Å²) in [6.45, 7) is 4.57. The summed E-state index contributed by atoms with van der Waals surface area (Å²) in [5.41, 5.74) is 4.42. The van der Waals surface area contributed by atoms with Gasteiger partial charge in [-0.15, -0.1) is 0 Å². The molecule has 0 bridgehead atoms. The largest absolute Gasteiger partial charge is 0.345 e. The summed E-state index contributed by atoms with van der Waals surface area (Å²) in [6, 6.07) is 13.4. The van der Waals surface area contributed by atoms with E-state index in [0.717, 1.165) is 30.4 Å². The number of nitrogens with one attached hydrogen (secondary N) is 1. The molecular weight excluding hydrogens is 360 g/mol. The molecule has 5 nitrogen and oxygen atoms in total. The number of amides is 1. The van der Waals surface area contributed by atoms with Crippen molar-refractivity contribution >= 4 is 21.6 Å². The fourth-order valence-electron chi connectivity index (χ4n) is 3.51. The van der Waals surface area contributed by atoms with Crippen molar-refractivity contribution in [3.8, 4) is 0 Å². The van der Waals surface area contributed by atoms with Gasteiger partial charge in [0.25, 0.3) is 5.91 Å². The number of sulfonamides is 1. The molecule has 1 aliphatic heterocycles. The molecule has 0 saturated carbocycles. The first-order chi connectivity index (χ1) is 12.8. The number of rotatable bonds is 5. The normalized spacial score (nSPS) is 15.1. The van der Waals surface area contributed by atoms with Gasteiger partial charge in [-0.25, -0.2) is 8.42 Å². The number of anilines is 1. The highest BCUT2D eigenvalue weighted by Gasteiger charge is 2.25. The van der Waals surface area contributed by atoms with E-state index >= 15 is 0 Å². The SMILES string of the molecule is CCC(NC(=O)c1ccc2c(c1)CCCN2S(C)(=O)=O)c1ccc(C)cc1. The van der Waals surface area contributed by atoms with Crippen LogP contribution in [0.1, 0.15) is 52.9 Å². The van der Waals surface area contributed by atoms with Gasteiger partial charge in [-0.2, -0.15) is 0 Å². The standard InChI is InChI=1S/C21H26N2O3S/c1-4-19(16-9-7-15(2)8-10-16)22-21(24)18-11-12-20-17(14-18)6-5-13-23(20)27(3,25)26/h7-12,14,19H,4-6,13H2,1-3H3,(H,22,24). The second-order valence-electron chi connectivity index (χ2n) is 7.13. The molecule has 0 aromatic heterocycles. The molecule has 1 amide bonds. The first-order valence-electron chi connectivity index (χ1n) is 9.27. The van der Waals surface area contributed by atoms with Crippen LogP contribution >= 0.6 is 0 Å². The number of fused-ring (bicyclic) bond motifs is 1. The van der Waals surface area contributed by atoms with E-state index in [1.54, 1.807) is 12.1 Å². The molecule has 3 rings (SSSR count). The average molecular weight is 387 g/mol. The van der Waals surface area contributed by atoms with E-state index in [-0.39, 0.29) is 11.9 Å². The van der Waals surface area contributed by atoms with Gasteiger partial charge in [-0.1, -0.05) is 36.8 Å². The molecule has 1 unspecified atom stereocenters. The average Bonchev–Trinajstić information content (AvgIpc) is 2.65. The molecule has 0 radical (unpaired) electrons. The number of carbonyl (C=O) groups is 1. The minimum absolute atomic E-state index is 0.0540. The molecule has 2 aromatic rings. The molecule has 144 valence electrons. The Bertz CT molecular complexity index is 936. The third-order valence-corrected chi connectivity index (χ3v) is 6.19. The predicted octanol–water partition coefficient (Wildman–Crippen LogP) is 3.59. The Morgan fingerprint density at radius 2 is 1.89 bits per heavy atom. The molecular formula is C21H26N2O3S. The van der Waals surface area contributed by atoms with Crippen LogP contribution in [0.4, 0.5) is 5.69 Å². The van der Waals surface area contributed by atoms with Crippen LogP contribution in [0.2, 0.25) is 0 Å². The van der Waals surface area contributed by atoms with Crippen molar-refractivity contribution in [1.82, 2.24) is 5.32 Å². The molecule has 0 aliphatic carbocycles. The van der Waals surface area contributed by atoms with Crippen LogP contribution in [0.15, 0.2) is 42.5 Å². The molecule has 1 aliphatic rings. The van der Waals surface area contributed by atoms with Gasteiger partial charge in [-0.05, 0) is 55.5 Å². The van der Waals surface area contributed by atoms with Gasteiger partial charge in [0.2, 0.25) is 10.0 Å². The Morgan fingerprint density at radius 3 is 2.52 bits per heavy atom. The lowest BCUT2D eigenvalue weighted by Crippen LogP contribution is -2.35. The van der Waals surface area contributed by atoms with Crippen LogP contribution < -0.4 is 9.62 Å². The summed E-state index contributed by atoms with van der Waals surface area (Å²) in [5, 5.41) is 3.10. The van der Waals surface area contributed by atoms with Crippen LogP contribution in [-0.4, -0.2) is 27.1 Å². The zero-order chi connectivity index (χ0) is 19.6. The molecule has 1 heterocycles. The highest BCUT2D eigenvalue weighted by molar-refractivity contribution is 7.92. The Kier molecular flexibility index (Phi) is 5.56. The molecule has 6 heteroatoms. The highest BCUT2D eigenvalue weighted by Crippen LogP contribution is 2.30. The quantitative estimate of drug-likeness (QED) is 0.854. The van der Waals surface area contributed by atoms with Gasteiger partial charge in [0.15, 0.2) is 0 Å².